The molecule has 7 heteroatoms. The topological polar surface area (TPSA) is 83.5 Å². The van der Waals surface area contributed by atoms with Crippen molar-refractivity contribution in [1.29, 1.82) is 0 Å². The summed E-state index contributed by atoms with van der Waals surface area (Å²) in [5.41, 5.74) is 0.523. The summed E-state index contributed by atoms with van der Waals surface area (Å²) in [6, 6.07) is 11.4. The van der Waals surface area contributed by atoms with Crippen molar-refractivity contribution in [2.24, 2.45) is 0 Å². The summed E-state index contributed by atoms with van der Waals surface area (Å²) in [4.78, 5) is 13.0. The molecule has 0 amide bonds. The van der Waals surface area contributed by atoms with Gasteiger partial charge in [-0.05, 0) is 30.3 Å². The number of methoxy groups -OCH3 is 4. The second-order valence-corrected chi connectivity index (χ2v) is 5.67. The molecule has 0 aromatic heterocycles. The molecule has 2 aromatic rings. The maximum absolute atomic E-state index is 13.0. The number of Topliss-reactive ketones (excluding diaryl/α,β-unsaturated/α-hetero) is 1. The lowest BCUT2D eigenvalue weighted by Crippen LogP contribution is -2.64. The molecule has 0 aliphatic carbocycles. The quantitative estimate of drug-likeness (QED) is 0.818. The highest BCUT2D eigenvalue weighted by Crippen LogP contribution is 2.48. The summed E-state index contributed by atoms with van der Waals surface area (Å²) >= 11 is 0. The normalized spacial score (nSPS) is 24.6. The van der Waals surface area contributed by atoms with Gasteiger partial charge >= 0.3 is 5.79 Å². The average molecular weight is 360 g/mol. The maximum atomic E-state index is 13.0. The van der Waals surface area contributed by atoms with E-state index < -0.39 is 17.4 Å². The van der Waals surface area contributed by atoms with Crippen molar-refractivity contribution in [3.05, 3.63) is 53.6 Å². The van der Waals surface area contributed by atoms with E-state index in [-0.39, 0.29) is 11.3 Å². The fourth-order valence-corrected chi connectivity index (χ4v) is 3.12. The van der Waals surface area contributed by atoms with Gasteiger partial charge in [-0.1, -0.05) is 12.1 Å². The number of aliphatic hydroxyl groups is 1. The summed E-state index contributed by atoms with van der Waals surface area (Å²) in [7, 11) is 5.52. The summed E-state index contributed by atoms with van der Waals surface area (Å²) in [6.07, 6.45) is 0. The highest BCUT2D eigenvalue weighted by molar-refractivity contribution is 6.05. The van der Waals surface area contributed by atoms with Crippen molar-refractivity contribution in [2.45, 2.75) is 11.6 Å². The number of rotatable bonds is 5. The largest absolute Gasteiger partial charge is 0.493 e. The smallest absolute Gasteiger partial charge is 0.304 e. The molecule has 0 saturated heterocycles. The van der Waals surface area contributed by atoms with E-state index >= 15 is 0 Å². The first-order valence-electron chi connectivity index (χ1n) is 7.85. The van der Waals surface area contributed by atoms with Crippen LogP contribution < -0.4 is 14.2 Å². The minimum absolute atomic E-state index is 0.199. The predicted octanol–water partition coefficient (Wildman–Crippen LogP) is 2.11. The molecule has 0 spiro atoms. The molecule has 7 nitrogen and oxygen atoms in total. The van der Waals surface area contributed by atoms with E-state index in [1.54, 1.807) is 42.5 Å². The third kappa shape index (κ3) is 2.36. The molecule has 2 atom stereocenters. The number of benzene rings is 2. The summed E-state index contributed by atoms with van der Waals surface area (Å²) in [5, 5.41) is 11.2. The van der Waals surface area contributed by atoms with Gasteiger partial charge in [0.15, 0.2) is 11.5 Å². The number of para-hydroxylation sites is 1. The number of hydrogen-bond acceptors (Lipinski definition) is 7. The number of carbonyl (C=O) groups is 1. The molecule has 0 saturated carbocycles. The SMILES string of the molecule is COc1ccc([C@]2(OC)Oc3ccccc3C(=O)[C@@]2(O)OC)cc1OC. The van der Waals surface area contributed by atoms with Gasteiger partial charge in [0.1, 0.15) is 5.75 Å². The Morgan fingerprint density at radius 1 is 0.923 bits per heavy atom. The number of carbonyl (C=O) groups excluding carboxylic acids is 1. The van der Waals surface area contributed by atoms with Gasteiger partial charge in [-0.2, -0.15) is 0 Å². The number of ketones is 1. The fourth-order valence-electron chi connectivity index (χ4n) is 3.12. The van der Waals surface area contributed by atoms with Crippen LogP contribution in [0.5, 0.6) is 17.2 Å². The van der Waals surface area contributed by atoms with Crippen LogP contribution in [0.3, 0.4) is 0 Å². The maximum Gasteiger partial charge on any atom is 0.304 e. The summed E-state index contributed by atoms with van der Waals surface area (Å²) in [5.74, 6) is -3.88. The molecule has 1 aliphatic rings. The molecular weight excluding hydrogens is 340 g/mol. The van der Waals surface area contributed by atoms with E-state index in [1.807, 2.05) is 0 Å². The Hall–Kier alpha value is -2.61. The van der Waals surface area contributed by atoms with Crippen LogP contribution in [0.4, 0.5) is 0 Å². The zero-order valence-electron chi connectivity index (χ0n) is 14.9. The minimum Gasteiger partial charge on any atom is -0.493 e. The first-order valence-corrected chi connectivity index (χ1v) is 7.85. The Balaban J connectivity index is 2.26. The first-order chi connectivity index (χ1) is 12.5. The Morgan fingerprint density at radius 2 is 1.62 bits per heavy atom. The van der Waals surface area contributed by atoms with Crippen molar-refractivity contribution in [3.8, 4) is 17.2 Å². The van der Waals surface area contributed by atoms with Crippen LogP contribution in [-0.4, -0.2) is 45.1 Å². The lowest BCUT2D eigenvalue weighted by Gasteiger charge is -2.46. The monoisotopic (exact) mass is 360 g/mol. The van der Waals surface area contributed by atoms with Crippen LogP contribution in [0.1, 0.15) is 15.9 Å². The van der Waals surface area contributed by atoms with Crippen molar-refractivity contribution in [2.75, 3.05) is 28.4 Å². The van der Waals surface area contributed by atoms with Gasteiger partial charge in [0.2, 0.25) is 5.78 Å². The van der Waals surface area contributed by atoms with Gasteiger partial charge in [-0.25, -0.2) is 0 Å². The third-order valence-electron chi connectivity index (χ3n) is 4.49. The summed E-state index contributed by atoms with van der Waals surface area (Å²) in [6.45, 7) is 0. The lowest BCUT2D eigenvalue weighted by molar-refractivity contribution is -0.346. The zero-order chi connectivity index (χ0) is 18.9. The summed E-state index contributed by atoms with van der Waals surface area (Å²) < 4.78 is 27.3. The highest BCUT2D eigenvalue weighted by Gasteiger charge is 2.64. The van der Waals surface area contributed by atoms with Gasteiger partial charge < -0.3 is 28.8 Å². The Bertz CT molecular complexity index is 834. The van der Waals surface area contributed by atoms with Crippen LogP contribution in [0.15, 0.2) is 42.5 Å². The fraction of sp³-hybridized carbons (Fsp3) is 0.316. The van der Waals surface area contributed by atoms with Gasteiger partial charge in [0.05, 0.1) is 19.8 Å². The highest BCUT2D eigenvalue weighted by atomic mass is 16.8. The molecule has 0 fully saturated rings. The second kappa shape index (κ2) is 6.60. The second-order valence-electron chi connectivity index (χ2n) is 5.67. The first kappa shape index (κ1) is 18.2. The Kier molecular flexibility index (Phi) is 4.62. The van der Waals surface area contributed by atoms with Crippen LogP contribution in [0, 0.1) is 0 Å². The van der Waals surface area contributed by atoms with E-state index in [9.17, 15) is 9.90 Å². The van der Waals surface area contributed by atoms with Crippen molar-refractivity contribution in [3.63, 3.8) is 0 Å². The Labute approximate surface area is 151 Å². The van der Waals surface area contributed by atoms with Crippen molar-refractivity contribution >= 4 is 5.78 Å². The lowest BCUT2D eigenvalue weighted by atomic mass is 9.86. The van der Waals surface area contributed by atoms with Crippen LogP contribution in [0.25, 0.3) is 0 Å². The van der Waals surface area contributed by atoms with E-state index in [4.69, 9.17) is 23.7 Å². The number of fused-ring (bicyclic) bond motifs is 1. The van der Waals surface area contributed by atoms with Crippen LogP contribution in [-0.2, 0) is 15.3 Å². The predicted molar refractivity (Wildman–Crippen MR) is 91.6 cm³/mol. The molecule has 0 radical (unpaired) electrons. The van der Waals surface area contributed by atoms with Gasteiger partial charge in [-0.15, -0.1) is 0 Å². The average Bonchev–Trinajstić information content (AvgIpc) is 2.70. The molecular formula is C19H20O7. The van der Waals surface area contributed by atoms with Crippen molar-refractivity contribution in [1.82, 2.24) is 0 Å². The molecule has 0 unspecified atom stereocenters. The molecule has 3 rings (SSSR count). The standard InChI is InChI=1S/C19H20O7/c1-22-15-10-9-12(11-16(15)23-2)19(25-4)18(21,24-3)17(20)13-7-5-6-8-14(13)26-19/h5-11,21H,1-4H3/t18-,19+/m1/s1. The Morgan fingerprint density at radius 3 is 2.23 bits per heavy atom. The molecule has 1 heterocycles. The van der Waals surface area contributed by atoms with Gasteiger partial charge in [0, 0.05) is 19.8 Å². The van der Waals surface area contributed by atoms with E-state index in [1.165, 1.54) is 28.4 Å². The van der Waals surface area contributed by atoms with Crippen molar-refractivity contribution < 1.29 is 33.6 Å². The number of ether oxygens (including phenoxy) is 5. The molecule has 2 aromatic carbocycles. The number of hydrogen-bond donors (Lipinski definition) is 1. The minimum atomic E-state index is -2.41. The van der Waals surface area contributed by atoms with Gasteiger partial charge in [-0.3, -0.25) is 4.79 Å². The van der Waals surface area contributed by atoms with E-state index in [0.29, 0.717) is 17.1 Å². The van der Waals surface area contributed by atoms with Gasteiger partial charge in [0.25, 0.3) is 5.79 Å². The molecule has 0 bridgehead atoms. The van der Waals surface area contributed by atoms with Crippen LogP contribution >= 0.6 is 0 Å². The molecule has 1 N–H and O–H groups in total. The van der Waals surface area contributed by atoms with E-state index in [2.05, 4.69) is 0 Å². The molecule has 26 heavy (non-hydrogen) atoms. The van der Waals surface area contributed by atoms with E-state index in [0.717, 1.165) is 0 Å². The molecule has 1 aliphatic heterocycles. The zero-order valence-corrected chi connectivity index (χ0v) is 14.9. The third-order valence-corrected chi connectivity index (χ3v) is 4.49. The van der Waals surface area contributed by atoms with Crippen LogP contribution in [0.2, 0.25) is 0 Å². The molecule has 138 valence electrons.